The largest absolute Gasteiger partial charge is 0.473 e. The van der Waals surface area contributed by atoms with E-state index in [2.05, 4.69) is 4.98 Å². The first-order valence-electron chi connectivity index (χ1n) is 6.35. The van der Waals surface area contributed by atoms with Gasteiger partial charge in [0.15, 0.2) is 0 Å². The fraction of sp³-hybridized carbons (Fsp3) is 0.267. The lowest BCUT2D eigenvalue weighted by Gasteiger charge is -2.12. The van der Waals surface area contributed by atoms with Crippen molar-refractivity contribution in [1.82, 2.24) is 4.98 Å². The summed E-state index contributed by atoms with van der Waals surface area (Å²) in [4.78, 5) is 4.25. The first-order valence-corrected chi connectivity index (χ1v) is 6.73. The van der Waals surface area contributed by atoms with Gasteiger partial charge in [-0.05, 0) is 37.6 Å². The van der Waals surface area contributed by atoms with Gasteiger partial charge in [0.2, 0.25) is 11.8 Å². The highest BCUT2D eigenvalue weighted by atomic mass is 35.5. The molecule has 5 heteroatoms. The van der Waals surface area contributed by atoms with Crippen LogP contribution < -0.4 is 15.2 Å². The number of pyridine rings is 1. The van der Waals surface area contributed by atoms with Crippen LogP contribution in [0.15, 0.2) is 36.4 Å². The second kappa shape index (κ2) is 6.48. The molecule has 0 amide bonds. The molecule has 2 rings (SSSR count). The van der Waals surface area contributed by atoms with Crippen LogP contribution in [0.4, 0.5) is 5.69 Å². The average molecular weight is 293 g/mol. The maximum absolute atomic E-state index is 5.83. The van der Waals surface area contributed by atoms with Gasteiger partial charge >= 0.3 is 0 Å². The van der Waals surface area contributed by atoms with E-state index in [0.717, 1.165) is 5.56 Å². The molecule has 1 aromatic carbocycles. The molecule has 1 aromatic heterocycles. The number of aromatic nitrogens is 1. The fourth-order valence-corrected chi connectivity index (χ4v) is 1.70. The topological polar surface area (TPSA) is 57.4 Å². The highest BCUT2D eigenvalue weighted by molar-refractivity contribution is 6.30. The maximum atomic E-state index is 5.83. The molecule has 0 atom stereocenters. The predicted octanol–water partition coefficient (Wildman–Crippen LogP) is 3.68. The van der Waals surface area contributed by atoms with Crippen LogP contribution in [0.1, 0.15) is 19.4 Å². The van der Waals surface area contributed by atoms with Gasteiger partial charge in [-0.25, -0.2) is 0 Å². The van der Waals surface area contributed by atoms with Gasteiger partial charge in [-0.1, -0.05) is 23.7 Å². The van der Waals surface area contributed by atoms with E-state index in [1.54, 1.807) is 12.1 Å². The molecule has 0 radical (unpaired) electrons. The van der Waals surface area contributed by atoms with Crippen LogP contribution in [0.5, 0.6) is 11.8 Å². The van der Waals surface area contributed by atoms with Crippen LogP contribution in [0.25, 0.3) is 0 Å². The Morgan fingerprint density at radius 3 is 2.50 bits per heavy atom. The molecule has 0 saturated heterocycles. The maximum Gasteiger partial charge on any atom is 0.240 e. The van der Waals surface area contributed by atoms with E-state index in [9.17, 15) is 0 Å². The lowest BCUT2D eigenvalue weighted by Crippen LogP contribution is -2.09. The quantitative estimate of drug-likeness (QED) is 0.913. The minimum absolute atomic E-state index is 0.0105. The molecule has 0 aliphatic rings. The molecule has 0 aliphatic heterocycles. The number of hydrogen-bond acceptors (Lipinski definition) is 4. The molecule has 4 nitrogen and oxygen atoms in total. The van der Waals surface area contributed by atoms with Gasteiger partial charge in [0, 0.05) is 11.1 Å². The van der Waals surface area contributed by atoms with Gasteiger partial charge in [0.05, 0.1) is 11.8 Å². The van der Waals surface area contributed by atoms with Gasteiger partial charge in [0.1, 0.15) is 6.61 Å². The van der Waals surface area contributed by atoms with E-state index in [0.29, 0.717) is 29.1 Å². The van der Waals surface area contributed by atoms with E-state index in [4.69, 9.17) is 26.8 Å². The highest BCUT2D eigenvalue weighted by Gasteiger charge is 2.07. The second-order valence-electron chi connectivity index (χ2n) is 4.63. The Labute approximate surface area is 123 Å². The Kier molecular flexibility index (Phi) is 4.69. The number of hydrogen-bond donors (Lipinski definition) is 1. The minimum Gasteiger partial charge on any atom is -0.473 e. The first-order chi connectivity index (χ1) is 9.54. The summed E-state index contributed by atoms with van der Waals surface area (Å²) >= 11 is 5.83. The molecule has 2 N–H and O–H groups in total. The summed E-state index contributed by atoms with van der Waals surface area (Å²) in [5.74, 6) is 0.874. The van der Waals surface area contributed by atoms with Crippen LogP contribution in [0, 0.1) is 0 Å². The molecule has 0 aliphatic carbocycles. The Bertz CT molecular complexity index is 571. The van der Waals surface area contributed by atoms with Gasteiger partial charge < -0.3 is 15.2 Å². The van der Waals surface area contributed by atoms with Crippen LogP contribution in [-0.2, 0) is 6.61 Å². The summed E-state index contributed by atoms with van der Waals surface area (Å²) in [7, 11) is 0. The molecular weight excluding hydrogens is 276 g/mol. The Morgan fingerprint density at radius 1 is 1.15 bits per heavy atom. The van der Waals surface area contributed by atoms with Crippen LogP contribution in [0.3, 0.4) is 0 Å². The number of rotatable bonds is 5. The lowest BCUT2D eigenvalue weighted by atomic mass is 10.2. The predicted molar refractivity (Wildman–Crippen MR) is 80.2 cm³/mol. The normalized spacial score (nSPS) is 10.6. The number of anilines is 1. The van der Waals surface area contributed by atoms with Crippen molar-refractivity contribution in [2.75, 3.05) is 5.73 Å². The van der Waals surface area contributed by atoms with Crippen molar-refractivity contribution in [1.29, 1.82) is 0 Å². The van der Waals surface area contributed by atoms with Crippen molar-refractivity contribution >= 4 is 17.3 Å². The number of nitrogen functional groups attached to an aromatic ring is 1. The molecular formula is C15H17ClN2O2. The third-order valence-corrected chi connectivity index (χ3v) is 2.76. The minimum atomic E-state index is 0.0105. The molecule has 1 heterocycles. The van der Waals surface area contributed by atoms with E-state index >= 15 is 0 Å². The third-order valence-electron chi connectivity index (χ3n) is 2.51. The van der Waals surface area contributed by atoms with E-state index in [-0.39, 0.29) is 6.10 Å². The number of halogens is 1. The van der Waals surface area contributed by atoms with Crippen molar-refractivity contribution in [3.05, 3.63) is 47.0 Å². The molecule has 0 fully saturated rings. The summed E-state index contributed by atoms with van der Waals surface area (Å²) in [6.45, 7) is 4.25. The lowest BCUT2D eigenvalue weighted by molar-refractivity contribution is 0.226. The monoisotopic (exact) mass is 292 g/mol. The summed E-state index contributed by atoms with van der Waals surface area (Å²) in [6, 6.07) is 10.9. The van der Waals surface area contributed by atoms with Crippen molar-refractivity contribution in [3.8, 4) is 11.8 Å². The number of benzene rings is 1. The van der Waals surface area contributed by atoms with Gasteiger partial charge in [-0.2, -0.15) is 4.98 Å². The third kappa shape index (κ3) is 4.03. The van der Waals surface area contributed by atoms with Crippen LogP contribution in [0.2, 0.25) is 5.02 Å². The van der Waals surface area contributed by atoms with E-state index in [1.165, 1.54) is 0 Å². The molecule has 20 heavy (non-hydrogen) atoms. The number of ether oxygens (including phenoxy) is 2. The zero-order valence-electron chi connectivity index (χ0n) is 11.5. The van der Waals surface area contributed by atoms with Gasteiger partial charge in [0.25, 0.3) is 0 Å². The number of nitrogens with zero attached hydrogens (tertiary/aromatic N) is 1. The molecule has 106 valence electrons. The van der Waals surface area contributed by atoms with Crippen molar-refractivity contribution < 1.29 is 9.47 Å². The molecule has 0 saturated carbocycles. The molecule has 0 bridgehead atoms. The first kappa shape index (κ1) is 14.5. The second-order valence-corrected chi connectivity index (χ2v) is 5.06. The SMILES string of the molecule is CC(C)Oc1nc(OCc2ccc(Cl)cc2)ccc1N. The summed E-state index contributed by atoms with van der Waals surface area (Å²) in [5.41, 5.74) is 7.31. The van der Waals surface area contributed by atoms with Gasteiger partial charge in [-0.3, -0.25) is 0 Å². The Morgan fingerprint density at radius 2 is 1.85 bits per heavy atom. The Hall–Kier alpha value is -1.94. The summed E-state index contributed by atoms with van der Waals surface area (Å²) < 4.78 is 11.1. The van der Waals surface area contributed by atoms with Crippen molar-refractivity contribution in [2.24, 2.45) is 0 Å². The molecule has 0 unspecified atom stereocenters. The summed E-state index contributed by atoms with van der Waals surface area (Å²) in [5, 5.41) is 0.701. The smallest absolute Gasteiger partial charge is 0.240 e. The standard InChI is InChI=1S/C15H17ClN2O2/c1-10(2)20-15-13(17)7-8-14(18-15)19-9-11-3-5-12(16)6-4-11/h3-8,10H,9,17H2,1-2H3. The zero-order chi connectivity index (χ0) is 14.5. The molecule has 0 spiro atoms. The van der Waals surface area contributed by atoms with Crippen molar-refractivity contribution in [2.45, 2.75) is 26.6 Å². The van der Waals surface area contributed by atoms with Gasteiger partial charge in [-0.15, -0.1) is 0 Å². The number of nitrogens with two attached hydrogens (primary N) is 1. The van der Waals surface area contributed by atoms with E-state index in [1.807, 2.05) is 38.1 Å². The van der Waals surface area contributed by atoms with Crippen LogP contribution >= 0.6 is 11.6 Å². The average Bonchev–Trinajstić information content (AvgIpc) is 2.41. The summed E-state index contributed by atoms with van der Waals surface area (Å²) in [6.07, 6.45) is 0.0105. The zero-order valence-corrected chi connectivity index (χ0v) is 12.2. The van der Waals surface area contributed by atoms with Crippen molar-refractivity contribution in [3.63, 3.8) is 0 Å². The molecule has 2 aromatic rings. The Balaban J connectivity index is 2.04. The van der Waals surface area contributed by atoms with Crippen LogP contribution in [-0.4, -0.2) is 11.1 Å². The van der Waals surface area contributed by atoms with E-state index < -0.39 is 0 Å². The fourth-order valence-electron chi connectivity index (χ4n) is 1.57. The highest BCUT2D eigenvalue weighted by Crippen LogP contribution is 2.23.